The molecule has 4 rings (SSSR count). The van der Waals surface area contributed by atoms with E-state index in [1.807, 2.05) is 17.0 Å². The molecule has 3 aromatic rings. The summed E-state index contributed by atoms with van der Waals surface area (Å²) in [5.41, 5.74) is 2.09. The molecule has 0 aliphatic carbocycles. The molecule has 0 unspecified atom stereocenters. The van der Waals surface area contributed by atoms with E-state index in [0.29, 0.717) is 34.9 Å². The van der Waals surface area contributed by atoms with E-state index in [1.165, 1.54) is 24.3 Å². The molecule has 0 bridgehead atoms. The smallest absolute Gasteiger partial charge is 0.308 e. The van der Waals surface area contributed by atoms with E-state index in [1.54, 1.807) is 12.1 Å². The number of carboxylic acid groups (broad SMARTS) is 1. The molecule has 2 aromatic carbocycles. The molecule has 0 radical (unpaired) electrons. The first kappa shape index (κ1) is 24.1. The van der Waals surface area contributed by atoms with Gasteiger partial charge in [-0.25, -0.2) is 9.97 Å². The number of benzene rings is 2. The van der Waals surface area contributed by atoms with Crippen LogP contribution in [0.4, 0.5) is 17.2 Å². The van der Waals surface area contributed by atoms with Gasteiger partial charge in [-0.2, -0.15) is 0 Å². The largest absolute Gasteiger partial charge is 0.481 e. The van der Waals surface area contributed by atoms with Gasteiger partial charge in [0.2, 0.25) is 0 Å². The summed E-state index contributed by atoms with van der Waals surface area (Å²) in [7, 11) is 0. The minimum absolute atomic E-state index is 0.0860. The molecule has 2 N–H and O–H groups in total. The highest BCUT2D eigenvalue weighted by Crippen LogP contribution is 2.28. The van der Waals surface area contributed by atoms with Crippen LogP contribution < -0.4 is 10.2 Å². The highest BCUT2D eigenvalue weighted by Gasteiger charge is 2.23. The summed E-state index contributed by atoms with van der Waals surface area (Å²) in [5.74, 6) is -0.317. The van der Waals surface area contributed by atoms with Crippen molar-refractivity contribution in [2.75, 3.05) is 23.3 Å². The number of anilines is 2. The molecule has 1 amide bonds. The van der Waals surface area contributed by atoms with Crippen LogP contribution in [0.2, 0.25) is 5.15 Å². The van der Waals surface area contributed by atoms with E-state index in [2.05, 4.69) is 15.3 Å². The number of aliphatic carboxylic acids is 1. The first-order valence-corrected chi connectivity index (χ1v) is 11.3. The highest BCUT2D eigenvalue weighted by atomic mass is 35.5. The van der Waals surface area contributed by atoms with E-state index in [0.717, 1.165) is 31.5 Å². The van der Waals surface area contributed by atoms with Crippen LogP contribution in [0, 0.1) is 10.1 Å². The van der Waals surface area contributed by atoms with Crippen LogP contribution in [0.3, 0.4) is 0 Å². The number of hydrogen-bond donors (Lipinski definition) is 2. The van der Waals surface area contributed by atoms with Gasteiger partial charge in [0.25, 0.3) is 11.6 Å². The van der Waals surface area contributed by atoms with Crippen LogP contribution in [0.15, 0.2) is 48.5 Å². The third-order valence-corrected chi connectivity index (χ3v) is 5.94. The summed E-state index contributed by atoms with van der Waals surface area (Å²) in [6.07, 6.45) is 2.16. The number of carbonyl (C=O) groups excluding carboxylic acids is 1. The second kappa shape index (κ2) is 10.5. The number of rotatable bonds is 8. The number of nitrogens with one attached hydrogen (secondary N) is 1. The van der Waals surface area contributed by atoms with Crippen molar-refractivity contribution in [2.45, 2.75) is 25.7 Å². The first-order valence-electron chi connectivity index (χ1n) is 11.0. The molecule has 10 nitrogen and oxygen atoms in total. The molecule has 1 aliphatic heterocycles. The standard InChI is InChI=1S/C24H22ClN5O5/c25-22-19(14-21(31)32)23(29-11-1-2-12-29)28-20(27-22)13-15-3-7-17(8-4-15)26-24(33)16-5-9-18(10-6-16)30(34)35/h3-10H,1-2,11-14H2,(H,26,33)(H,31,32). The van der Waals surface area contributed by atoms with Gasteiger partial charge in [-0.3, -0.25) is 19.7 Å². The predicted octanol–water partition coefficient (Wildman–Crippen LogP) is 4.11. The van der Waals surface area contributed by atoms with Gasteiger partial charge in [-0.1, -0.05) is 23.7 Å². The fraction of sp³-hybridized carbons (Fsp3) is 0.250. The van der Waals surface area contributed by atoms with Gasteiger partial charge >= 0.3 is 5.97 Å². The molecular weight excluding hydrogens is 474 g/mol. The van der Waals surface area contributed by atoms with Crippen molar-refractivity contribution in [1.29, 1.82) is 0 Å². The lowest BCUT2D eigenvalue weighted by atomic mass is 10.1. The van der Waals surface area contributed by atoms with E-state index in [9.17, 15) is 24.8 Å². The Morgan fingerprint density at radius 3 is 2.31 bits per heavy atom. The number of nitrogens with zero attached hydrogens (tertiary/aromatic N) is 4. The van der Waals surface area contributed by atoms with Crippen LogP contribution in [0.25, 0.3) is 0 Å². The predicted molar refractivity (Wildman–Crippen MR) is 130 cm³/mol. The molecule has 1 fully saturated rings. The zero-order chi connectivity index (χ0) is 24.9. The Balaban J connectivity index is 1.47. The van der Waals surface area contributed by atoms with E-state index >= 15 is 0 Å². The summed E-state index contributed by atoms with van der Waals surface area (Å²) in [5, 5.41) is 22.9. The molecule has 2 heterocycles. The van der Waals surface area contributed by atoms with Crippen molar-refractivity contribution in [3.63, 3.8) is 0 Å². The van der Waals surface area contributed by atoms with Crippen LogP contribution >= 0.6 is 11.6 Å². The Bertz CT molecular complexity index is 1260. The van der Waals surface area contributed by atoms with Gasteiger partial charge in [0, 0.05) is 48.5 Å². The Morgan fingerprint density at radius 2 is 1.71 bits per heavy atom. The fourth-order valence-corrected chi connectivity index (χ4v) is 4.14. The van der Waals surface area contributed by atoms with Crippen molar-refractivity contribution in [3.8, 4) is 0 Å². The first-order chi connectivity index (χ1) is 16.8. The van der Waals surface area contributed by atoms with Crippen molar-refractivity contribution in [3.05, 3.63) is 86.3 Å². The molecule has 1 aromatic heterocycles. The molecule has 0 saturated carbocycles. The normalized spacial score (nSPS) is 13.0. The van der Waals surface area contributed by atoms with E-state index in [4.69, 9.17) is 11.6 Å². The number of amides is 1. The molecule has 0 atom stereocenters. The molecule has 11 heteroatoms. The van der Waals surface area contributed by atoms with Crippen molar-refractivity contribution in [2.24, 2.45) is 0 Å². The Morgan fingerprint density at radius 1 is 1.06 bits per heavy atom. The quantitative estimate of drug-likeness (QED) is 0.270. The summed E-state index contributed by atoms with van der Waals surface area (Å²) in [4.78, 5) is 45.0. The van der Waals surface area contributed by atoms with Gasteiger partial charge in [0.1, 0.15) is 16.8 Å². The number of carboxylic acids is 1. The summed E-state index contributed by atoms with van der Waals surface area (Å²) in [6, 6.07) is 12.5. The molecule has 35 heavy (non-hydrogen) atoms. The zero-order valence-corrected chi connectivity index (χ0v) is 19.4. The maximum Gasteiger partial charge on any atom is 0.308 e. The number of non-ortho nitro benzene ring substituents is 1. The monoisotopic (exact) mass is 495 g/mol. The lowest BCUT2D eigenvalue weighted by Crippen LogP contribution is -2.23. The molecule has 180 valence electrons. The van der Waals surface area contributed by atoms with Gasteiger partial charge in [0.15, 0.2) is 0 Å². The molecular formula is C24H22ClN5O5. The number of nitro groups is 1. The number of halogens is 1. The molecule has 1 saturated heterocycles. The fourth-order valence-electron chi connectivity index (χ4n) is 3.89. The zero-order valence-electron chi connectivity index (χ0n) is 18.6. The van der Waals surface area contributed by atoms with E-state index < -0.39 is 10.9 Å². The number of aromatic nitrogens is 2. The molecule has 0 spiro atoms. The third kappa shape index (κ3) is 5.90. The number of carbonyl (C=O) groups is 2. The van der Waals surface area contributed by atoms with Crippen molar-refractivity contribution < 1.29 is 19.6 Å². The van der Waals surface area contributed by atoms with Crippen LogP contribution in [-0.2, 0) is 17.6 Å². The lowest BCUT2D eigenvalue weighted by molar-refractivity contribution is -0.384. The minimum atomic E-state index is -0.991. The highest BCUT2D eigenvalue weighted by molar-refractivity contribution is 6.30. The van der Waals surface area contributed by atoms with Crippen LogP contribution in [-0.4, -0.2) is 45.0 Å². The average Bonchev–Trinajstić information content (AvgIpc) is 3.36. The van der Waals surface area contributed by atoms with E-state index in [-0.39, 0.29) is 23.2 Å². The Labute approximate surface area is 205 Å². The maximum absolute atomic E-state index is 12.4. The van der Waals surface area contributed by atoms with Gasteiger partial charge in [-0.15, -0.1) is 0 Å². The lowest BCUT2D eigenvalue weighted by Gasteiger charge is -2.21. The summed E-state index contributed by atoms with van der Waals surface area (Å²) >= 11 is 6.37. The van der Waals surface area contributed by atoms with Crippen LogP contribution in [0.1, 0.15) is 40.2 Å². The maximum atomic E-state index is 12.4. The third-order valence-electron chi connectivity index (χ3n) is 5.63. The number of nitro benzene ring substituents is 1. The SMILES string of the molecule is O=C(O)Cc1c(Cl)nc(Cc2ccc(NC(=O)c3ccc([N+](=O)[O-])cc3)cc2)nc1N1CCCC1. The van der Waals surface area contributed by atoms with Gasteiger partial charge < -0.3 is 15.3 Å². The minimum Gasteiger partial charge on any atom is -0.481 e. The van der Waals surface area contributed by atoms with Crippen molar-refractivity contribution in [1.82, 2.24) is 9.97 Å². The van der Waals surface area contributed by atoms with Crippen molar-refractivity contribution >= 4 is 40.7 Å². The second-order valence-electron chi connectivity index (χ2n) is 8.13. The van der Waals surface area contributed by atoms with Gasteiger partial charge in [-0.05, 0) is 42.7 Å². The summed E-state index contributed by atoms with van der Waals surface area (Å²) < 4.78 is 0. The second-order valence-corrected chi connectivity index (χ2v) is 8.49. The molecule has 1 aliphatic rings. The number of hydrogen-bond acceptors (Lipinski definition) is 7. The summed E-state index contributed by atoms with van der Waals surface area (Å²) in [6.45, 7) is 1.59. The van der Waals surface area contributed by atoms with Gasteiger partial charge in [0.05, 0.1) is 11.3 Å². The Hall–Kier alpha value is -4.05. The van der Waals surface area contributed by atoms with Crippen LogP contribution in [0.5, 0.6) is 0 Å². The average molecular weight is 496 g/mol. The topological polar surface area (TPSA) is 139 Å². The Kier molecular flexibility index (Phi) is 7.21.